The summed E-state index contributed by atoms with van der Waals surface area (Å²) in [6.07, 6.45) is 31.6. The average Bonchev–Trinajstić information content (AvgIpc) is 2.93. The molecule has 0 N–H and O–H groups in total. The molecule has 4 saturated carbocycles. The lowest BCUT2D eigenvalue weighted by atomic mass is 9.51. The van der Waals surface area contributed by atoms with E-state index in [0.717, 1.165) is 24.2 Å². The molecule has 36 heavy (non-hydrogen) atoms. The Morgan fingerprint density at radius 2 is 1.19 bits per heavy atom. The van der Waals surface area contributed by atoms with E-state index in [9.17, 15) is 0 Å². The first kappa shape index (κ1) is 28.0. The molecule has 0 amide bonds. The second-order valence-electron chi connectivity index (χ2n) is 13.3. The van der Waals surface area contributed by atoms with E-state index in [2.05, 4.69) is 38.1 Å². The number of rotatable bonds is 16. The van der Waals surface area contributed by atoms with Crippen LogP contribution in [0.3, 0.4) is 0 Å². The van der Waals surface area contributed by atoms with E-state index in [1.807, 2.05) is 0 Å². The lowest BCUT2D eigenvalue weighted by molar-refractivity contribution is 0.0304. The summed E-state index contributed by atoms with van der Waals surface area (Å²) < 4.78 is 6.19. The van der Waals surface area contributed by atoms with Crippen molar-refractivity contribution in [3.63, 3.8) is 0 Å². The standard InChI is InChI=1S/C35H58O/c1-3-5-7-8-10-22-34-23-26-35(27-24-34,28-25-34)32-18-20-33(21-19-32)36-29-11-13-31-16-14-30(15-17-31)12-9-6-4-2/h18-21,30-31H,3-17,22-29H2,1-2H3/t30-,31-,34?,35?. The molecule has 0 radical (unpaired) electrons. The van der Waals surface area contributed by atoms with Crippen LogP contribution < -0.4 is 4.74 Å². The van der Waals surface area contributed by atoms with E-state index in [4.69, 9.17) is 4.74 Å². The molecule has 0 atom stereocenters. The number of hydrogen-bond donors (Lipinski definition) is 0. The molecule has 4 aliphatic rings. The van der Waals surface area contributed by atoms with Gasteiger partial charge in [0.15, 0.2) is 0 Å². The van der Waals surface area contributed by atoms with Crippen molar-refractivity contribution in [2.24, 2.45) is 17.3 Å². The van der Waals surface area contributed by atoms with Crippen molar-refractivity contribution in [1.29, 1.82) is 0 Å². The Balaban J connectivity index is 1.12. The van der Waals surface area contributed by atoms with Gasteiger partial charge in [-0.25, -0.2) is 0 Å². The molecule has 0 spiro atoms. The summed E-state index contributed by atoms with van der Waals surface area (Å²) in [6, 6.07) is 9.38. The summed E-state index contributed by atoms with van der Waals surface area (Å²) in [5, 5.41) is 0. The first-order valence-electron chi connectivity index (χ1n) is 16.4. The Hall–Kier alpha value is -0.980. The predicted molar refractivity (Wildman–Crippen MR) is 156 cm³/mol. The Labute approximate surface area is 224 Å². The minimum absolute atomic E-state index is 0.470. The Morgan fingerprint density at radius 1 is 0.639 bits per heavy atom. The molecule has 1 aromatic rings. The molecule has 4 fully saturated rings. The summed E-state index contributed by atoms with van der Waals surface area (Å²) in [5.41, 5.74) is 2.77. The summed E-state index contributed by atoms with van der Waals surface area (Å²) in [4.78, 5) is 0. The lowest BCUT2D eigenvalue weighted by Crippen LogP contribution is -2.44. The van der Waals surface area contributed by atoms with Crippen molar-refractivity contribution in [3.05, 3.63) is 29.8 Å². The Morgan fingerprint density at radius 3 is 1.81 bits per heavy atom. The number of hydrogen-bond acceptors (Lipinski definition) is 1. The van der Waals surface area contributed by atoms with Crippen molar-refractivity contribution in [2.75, 3.05) is 6.61 Å². The van der Waals surface area contributed by atoms with Crippen LogP contribution in [0, 0.1) is 17.3 Å². The van der Waals surface area contributed by atoms with Crippen molar-refractivity contribution in [3.8, 4) is 5.75 Å². The van der Waals surface area contributed by atoms with E-state index < -0.39 is 0 Å². The van der Waals surface area contributed by atoms with E-state index in [1.54, 1.807) is 5.56 Å². The Bertz CT molecular complexity index is 701. The van der Waals surface area contributed by atoms with Crippen molar-refractivity contribution in [1.82, 2.24) is 0 Å². The fourth-order valence-corrected chi connectivity index (χ4v) is 8.13. The van der Waals surface area contributed by atoms with Gasteiger partial charge in [-0.05, 0) is 98.1 Å². The van der Waals surface area contributed by atoms with Crippen LogP contribution in [-0.4, -0.2) is 6.61 Å². The van der Waals surface area contributed by atoms with Gasteiger partial charge in [-0.15, -0.1) is 0 Å². The van der Waals surface area contributed by atoms with Gasteiger partial charge < -0.3 is 4.74 Å². The third-order valence-electron chi connectivity index (χ3n) is 10.9. The van der Waals surface area contributed by atoms with E-state index in [0.29, 0.717) is 10.8 Å². The first-order chi connectivity index (χ1) is 17.7. The lowest BCUT2D eigenvalue weighted by Gasteiger charge is -2.54. The second-order valence-corrected chi connectivity index (χ2v) is 13.3. The normalized spacial score (nSPS) is 29.9. The highest BCUT2D eigenvalue weighted by Gasteiger charge is 2.48. The van der Waals surface area contributed by atoms with E-state index in [1.165, 1.54) is 141 Å². The van der Waals surface area contributed by atoms with E-state index in [-0.39, 0.29) is 0 Å². The number of ether oxygens (including phenoxy) is 1. The van der Waals surface area contributed by atoms with Crippen molar-refractivity contribution >= 4 is 0 Å². The third-order valence-corrected chi connectivity index (χ3v) is 10.9. The highest BCUT2D eigenvalue weighted by Crippen LogP contribution is 2.59. The maximum Gasteiger partial charge on any atom is 0.119 e. The van der Waals surface area contributed by atoms with Crippen LogP contribution in [0.1, 0.15) is 161 Å². The zero-order valence-electron chi connectivity index (χ0n) is 24.1. The van der Waals surface area contributed by atoms with Crippen LogP contribution in [0.2, 0.25) is 0 Å². The Kier molecular flexibility index (Phi) is 11.1. The maximum absolute atomic E-state index is 6.19. The topological polar surface area (TPSA) is 9.23 Å². The second kappa shape index (κ2) is 14.2. The monoisotopic (exact) mass is 494 g/mol. The van der Waals surface area contributed by atoms with Gasteiger partial charge in [0, 0.05) is 0 Å². The molecular weight excluding hydrogens is 436 g/mol. The molecule has 4 aliphatic carbocycles. The average molecular weight is 495 g/mol. The zero-order valence-corrected chi connectivity index (χ0v) is 24.1. The van der Waals surface area contributed by atoms with Gasteiger partial charge in [-0.3, -0.25) is 0 Å². The molecule has 204 valence electrons. The van der Waals surface area contributed by atoms with Gasteiger partial charge in [0.2, 0.25) is 0 Å². The third kappa shape index (κ3) is 7.77. The molecule has 1 aromatic carbocycles. The molecule has 2 bridgehead atoms. The van der Waals surface area contributed by atoms with Crippen LogP contribution in [0.15, 0.2) is 24.3 Å². The van der Waals surface area contributed by atoms with Gasteiger partial charge >= 0.3 is 0 Å². The van der Waals surface area contributed by atoms with Crippen LogP contribution in [0.25, 0.3) is 0 Å². The molecule has 0 heterocycles. The molecule has 0 saturated heterocycles. The molecule has 5 rings (SSSR count). The molecule has 1 heteroatoms. The summed E-state index contributed by atoms with van der Waals surface area (Å²) in [7, 11) is 0. The van der Waals surface area contributed by atoms with Gasteiger partial charge in [0.05, 0.1) is 6.61 Å². The molecule has 0 unspecified atom stereocenters. The minimum Gasteiger partial charge on any atom is -0.494 e. The molecule has 0 aliphatic heterocycles. The highest BCUT2D eigenvalue weighted by molar-refractivity contribution is 5.34. The SMILES string of the molecule is CCCCCCCC12CCC(c3ccc(OCCC[C@H]4CC[C@H](CCCCC)CC4)cc3)(CC1)CC2. The summed E-state index contributed by atoms with van der Waals surface area (Å²) >= 11 is 0. The largest absolute Gasteiger partial charge is 0.494 e. The maximum atomic E-state index is 6.19. The number of unbranched alkanes of at least 4 members (excludes halogenated alkanes) is 6. The summed E-state index contributed by atoms with van der Waals surface area (Å²) in [6.45, 7) is 5.53. The van der Waals surface area contributed by atoms with Crippen LogP contribution in [0.4, 0.5) is 0 Å². The van der Waals surface area contributed by atoms with Crippen LogP contribution in [0.5, 0.6) is 5.75 Å². The van der Waals surface area contributed by atoms with Crippen molar-refractivity contribution < 1.29 is 4.74 Å². The van der Waals surface area contributed by atoms with Gasteiger partial charge in [-0.1, -0.05) is 109 Å². The summed E-state index contributed by atoms with van der Waals surface area (Å²) in [5.74, 6) is 3.07. The first-order valence-corrected chi connectivity index (χ1v) is 16.4. The molecule has 0 aromatic heterocycles. The zero-order chi connectivity index (χ0) is 25.1. The smallest absolute Gasteiger partial charge is 0.119 e. The number of fused-ring (bicyclic) bond motifs is 3. The van der Waals surface area contributed by atoms with Gasteiger partial charge in [0.1, 0.15) is 5.75 Å². The number of benzene rings is 1. The fraction of sp³-hybridized carbons (Fsp3) is 0.829. The fourth-order valence-electron chi connectivity index (χ4n) is 8.13. The van der Waals surface area contributed by atoms with Gasteiger partial charge in [-0.2, -0.15) is 0 Å². The van der Waals surface area contributed by atoms with Crippen LogP contribution in [-0.2, 0) is 5.41 Å². The van der Waals surface area contributed by atoms with Gasteiger partial charge in [0.25, 0.3) is 0 Å². The minimum atomic E-state index is 0.470. The quantitative estimate of drug-likeness (QED) is 0.208. The molecular formula is C35H58O. The van der Waals surface area contributed by atoms with Crippen LogP contribution >= 0.6 is 0 Å². The van der Waals surface area contributed by atoms with Crippen molar-refractivity contribution in [2.45, 2.75) is 161 Å². The molecule has 1 nitrogen and oxygen atoms in total. The highest BCUT2D eigenvalue weighted by atomic mass is 16.5. The van der Waals surface area contributed by atoms with E-state index >= 15 is 0 Å². The predicted octanol–water partition coefficient (Wildman–Crippen LogP) is 11.2.